The summed E-state index contributed by atoms with van der Waals surface area (Å²) < 4.78 is 4.06. The van der Waals surface area contributed by atoms with E-state index in [9.17, 15) is 0 Å². The number of hydrogen-bond acceptors (Lipinski definition) is 0. The molecule has 2 heteroatoms. The van der Waals surface area contributed by atoms with Crippen LogP contribution >= 0.6 is 8.92 Å². The van der Waals surface area contributed by atoms with E-state index in [1.165, 1.54) is 77.5 Å². The maximum absolute atomic E-state index is 6.73. The van der Waals surface area contributed by atoms with Crippen LogP contribution in [0.25, 0.3) is 0 Å². The molecule has 0 saturated heterocycles. The molecule has 0 nitrogen and oxygen atoms in total. The predicted octanol–water partition coefficient (Wildman–Crippen LogP) is 7.13. The molecule has 0 N–H and O–H groups in total. The molecule has 0 spiro atoms. The molecule has 0 rings (SSSR count). The second kappa shape index (κ2) is 13.1. The third-order valence-corrected chi connectivity index (χ3v) is 19.9. The second-order valence-electron chi connectivity index (χ2n) is 5.79. The first-order valence-corrected chi connectivity index (χ1v) is 18.0. The van der Waals surface area contributed by atoms with Crippen LogP contribution in [0.3, 0.4) is 0 Å². The Balaban J connectivity index is 3.21. The summed E-state index contributed by atoms with van der Waals surface area (Å²) in [5.74, 6) is 0. The van der Waals surface area contributed by atoms with Crippen LogP contribution in [-0.4, -0.2) is 17.3 Å². The second-order valence-corrected chi connectivity index (χ2v) is 23.2. The summed E-state index contributed by atoms with van der Waals surface area (Å²) in [6, 6.07) is 0. The van der Waals surface area contributed by atoms with Gasteiger partial charge in [-0.05, 0) is 0 Å². The third kappa shape index (κ3) is 11.0. The Labute approximate surface area is 124 Å². The van der Waals surface area contributed by atoms with Crippen molar-refractivity contribution in [3.8, 4) is 0 Å². The molecule has 0 aliphatic carbocycles. The van der Waals surface area contributed by atoms with Crippen LogP contribution in [0, 0.1) is 0 Å². The number of unbranched alkanes of at least 4 members (excludes halogenated alkanes) is 9. The molecule has 0 fully saturated rings. The summed E-state index contributed by atoms with van der Waals surface area (Å²) in [6.07, 6.45) is 14.4. The van der Waals surface area contributed by atoms with E-state index in [4.69, 9.17) is 8.92 Å². The molecule has 0 aliphatic rings. The van der Waals surface area contributed by atoms with Crippen molar-refractivity contribution in [2.75, 3.05) is 0 Å². The first kappa shape index (κ1) is 19.1. The number of rotatable bonds is 13. The quantitative estimate of drug-likeness (QED) is 0.235. The van der Waals surface area contributed by atoms with E-state index in [2.05, 4.69) is 20.8 Å². The summed E-state index contributed by atoms with van der Waals surface area (Å²) in [4.78, 5) is 0. The van der Waals surface area contributed by atoms with Crippen molar-refractivity contribution in [1.82, 2.24) is 0 Å². The molecule has 0 saturated carbocycles. The molecule has 18 heavy (non-hydrogen) atoms. The molecule has 110 valence electrons. The van der Waals surface area contributed by atoms with Crippen molar-refractivity contribution in [3.63, 3.8) is 0 Å². The van der Waals surface area contributed by atoms with E-state index >= 15 is 0 Å². The summed E-state index contributed by atoms with van der Waals surface area (Å²) >= 11 is -2.04. The van der Waals surface area contributed by atoms with Gasteiger partial charge in [0, 0.05) is 0 Å². The molecule has 0 aromatic heterocycles. The van der Waals surface area contributed by atoms with Crippen LogP contribution in [-0.2, 0) is 0 Å². The van der Waals surface area contributed by atoms with Crippen LogP contribution in [0.1, 0.15) is 85.0 Å². The Morgan fingerprint density at radius 2 is 1.00 bits per heavy atom. The van der Waals surface area contributed by atoms with Crippen LogP contribution in [0.15, 0.2) is 0 Å². The van der Waals surface area contributed by atoms with E-state index in [-0.39, 0.29) is 0 Å². The van der Waals surface area contributed by atoms with Crippen LogP contribution in [0.5, 0.6) is 0 Å². The van der Waals surface area contributed by atoms with Gasteiger partial charge in [-0.15, -0.1) is 0 Å². The molecule has 0 unspecified atom stereocenters. The van der Waals surface area contributed by atoms with Crippen molar-refractivity contribution < 1.29 is 0 Å². The standard InChI is InChI=1S/C12H25.2C2H5.ClH.Sn/c1-3-5-7-9-11-12-10-8-6-4-2;2*1-2;;/h1,3-12H2,2H3;2*1H2,2H3;1H;/q;;;;+1/p-1. The minimum atomic E-state index is -2.04. The summed E-state index contributed by atoms with van der Waals surface area (Å²) in [5.41, 5.74) is 0. The molecule has 0 amide bonds. The van der Waals surface area contributed by atoms with E-state index in [1.54, 1.807) is 0 Å². The predicted molar refractivity (Wildman–Crippen MR) is 89.2 cm³/mol. The van der Waals surface area contributed by atoms with E-state index in [1.807, 2.05) is 0 Å². The van der Waals surface area contributed by atoms with Gasteiger partial charge in [0.1, 0.15) is 0 Å². The average Bonchev–Trinajstić information content (AvgIpc) is 2.40. The van der Waals surface area contributed by atoms with Gasteiger partial charge in [-0.3, -0.25) is 0 Å². The molecule has 0 bridgehead atoms. The van der Waals surface area contributed by atoms with Crippen molar-refractivity contribution in [2.45, 2.75) is 98.3 Å². The molecule has 0 aliphatic heterocycles. The Hall–Kier alpha value is 1.09. The zero-order valence-electron chi connectivity index (χ0n) is 13.1. The number of halogens is 1. The Bertz CT molecular complexity index is 166. The fourth-order valence-electron chi connectivity index (χ4n) is 2.53. The van der Waals surface area contributed by atoms with Gasteiger partial charge in [-0.1, -0.05) is 0 Å². The molecular formula is C16H35ClSn. The van der Waals surface area contributed by atoms with Gasteiger partial charge >= 0.3 is 124 Å². The van der Waals surface area contributed by atoms with Gasteiger partial charge in [0.05, 0.1) is 0 Å². The Morgan fingerprint density at radius 3 is 1.39 bits per heavy atom. The van der Waals surface area contributed by atoms with Crippen molar-refractivity contribution in [3.05, 3.63) is 0 Å². The normalized spacial score (nSPS) is 12.0. The van der Waals surface area contributed by atoms with Crippen LogP contribution in [0.2, 0.25) is 13.3 Å². The average molecular weight is 382 g/mol. The topological polar surface area (TPSA) is 0 Å². The van der Waals surface area contributed by atoms with Crippen molar-refractivity contribution in [1.29, 1.82) is 0 Å². The van der Waals surface area contributed by atoms with Crippen molar-refractivity contribution in [2.24, 2.45) is 0 Å². The van der Waals surface area contributed by atoms with Gasteiger partial charge in [0.15, 0.2) is 0 Å². The van der Waals surface area contributed by atoms with Crippen LogP contribution in [0.4, 0.5) is 0 Å². The Morgan fingerprint density at radius 1 is 0.611 bits per heavy atom. The maximum atomic E-state index is 6.73. The zero-order valence-corrected chi connectivity index (χ0v) is 16.7. The fourth-order valence-corrected chi connectivity index (χ4v) is 9.40. The van der Waals surface area contributed by atoms with Gasteiger partial charge in [-0.25, -0.2) is 0 Å². The molecule has 0 aromatic rings. The van der Waals surface area contributed by atoms with Gasteiger partial charge in [0.2, 0.25) is 0 Å². The molecule has 0 aromatic carbocycles. The van der Waals surface area contributed by atoms with Gasteiger partial charge in [0.25, 0.3) is 0 Å². The molecule has 0 heterocycles. The zero-order chi connectivity index (χ0) is 13.7. The summed E-state index contributed by atoms with van der Waals surface area (Å²) in [6.45, 7) is 6.90. The fraction of sp³-hybridized carbons (Fsp3) is 1.00. The van der Waals surface area contributed by atoms with Crippen LogP contribution < -0.4 is 0 Å². The minimum absolute atomic E-state index is 1.32. The van der Waals surface area contributed by atoms with E-state index in [0.29, 0.717) is 0 Å². The van der Waals surface area contributed by atoms with Crippen molar-refractivity contribution >= 4 is 26.2 Å². The van der Waals surface area contributed by atoms with E-state index < -0.39 is 17.3 Å². The third-order valence-electron chi connectivity index (χ3n) is 4.25. The Kier molecular flexibility index (Phi) is 13.9. The number of hydrogen-bond donors (Lipinski definition) is 0. The molecular weight excluding hydrogens is 346 g/mol. The first-order valence-electron chi connectivity index (χ1n) is 8.37. The van der Waals surface area contributed by atoms with Gasteiger partial charge in [-0.2, -0.15) is 0 Å². The SMILES string of the molecule is CCCCCCCCCCC[CH2][Sn]([Cl])([CH2]C)[CH2]C. The first-order chi connectivity index (χ1) is 8.68. The molecule has 0 radical (unpaired) electrons. The summed E-state index contributed by atoms with van der Waals surface area (Å²) in [7, 11) is 6.73. The monoisotopic (exact) mass is 382 g/mol. The summed E-state index contributed by atoms with van der Waals surface area (Å²) in [5, 5.41) is 0. The van der Waals surface area contributed by atoms with E-state index in [0.717, 1.165) is 0 Å². The van der Waals surface area contributed by atoms with Gasteiger partial charge < -0.3 is 0 Å². The molecule has 0 atom stereocenters.